The van der Waals surface area contributed by atoms with E-state index in [0.717, 1.165) is 6.54 Å². The summed E-state index contributed by atoms with van der Waals surface area (Å²) in [5, 5.41) is 3.06. The molecule has 18 heavy (non-hydrogen) atoms. The summed E-state index contributed by atoms with van der Waals surface area (Å²) < 4.78 is 28.4. The Hall–Kier alpha value is -1.07. The Kier molecular flexibility index (Phi) is 6.15. The molecule has 0 saturated heterocycles. The lowest BCUT2D eigenvalue weighted by atomic mass is 10.2. The molecule has 0 aliphatic carbocycles. The second-order valence-corrected chi connectivity index (χ2v) is 6.48. The van der Waals surface area contributed by atoms with Crippen LogP contribution < -0.4 is 10.1 Å². The fourth-order valence-electron chi connectivity index (χ4n) is 1.61. The highest BCUT2D eigenvalue weighted by Crippen LogP contribution is 2.12. The summed E-state index contributed by atoms with van der Waals surface area (Å²) in [6.07, 6.45) is 0.654. The van der Waals surface area contributed by atoms with Crippen LogP contribution in [0.15, 0.2) is 24.3 Å². The quantitative estimate of drug-likeness (QED) is 0.780. The predicted molar refractivity (Wildman–Crippen MR) is 73.6 cm³/mol. The summed E-state index contributed by atoms with van der Waals surface area (Å²) in [5.74, 6) is 1.03. The normalized spacial score (nSPS) is 11.4. The Morgan fingerprint density at radius 2 is 1.83 bits per heavy atom. The third-order valence-corrected chi connectivity index (χ3v) is 4.30. The Bertz CT molecular complexity index is 440. The van der Waals surface area contributed by atoms with Crippen molar-refractivity contribution in [2.24, 2.45) is 0 Å². The molecule has 0 fully saturated rings. The summed E-state index contributed by atoms with van der Waals surface area (Å²) in [6, 6.07) is 7.65. The van der Waals surface area contributed by atoms with Crippen LogP contribution in [0.1, 0.15) is 18.9 Å². The van der Waals surface area contributed by atoms with Crippen LogP contribution in [-0.4, -0.2) is 33.6 Å². The first-order valence-electron chi connectivity index (χ1n) is 6.14. The molecule has 102 valence electrons. The average Bonchev–Trinajstić information content (AvgIpc) is 2.31. The number of sulfone groups is 1. The highest BCUT2D eigenvalue weighted by Gasteiger charge is 2.09. The minimum Gasteiger partial charge on any atom is -0.493 e. The van der Waals surface area contributed by atoms with Gasteiger partial charge in [-0.3, -0.25) is 0 Å². The minimum atomic E-state index is -2.95. The molecule has 0 amide bonds. The van der Waals surface area contributed by atoms with Crippen molar-refractivity contribution in [3.05, 3.63) is 29.8 Å². The van der Waals surface area contributed by atoms with E-state index in [1.807, 2.05) is 38.2 Å². The van der Waals surface area contributed by atoms with Crippen LogP contribution in [0.2, 0.25) is 0 Å². The van der Waals surface area contributed by atoms with Gasteiger partial charge in [-0.15, -0.1) is 0 Å². The van der Waals surface area contributed by atoms with E-state index < -0.39 is 9.84 Å². The van der Waals surface area contributed by atoms with Gasteiger partial charge in [-0.05, 0) is 31.2 Å². The number of benzene rings is 1. The van der Waals surface area contributed by atoms with Gasteiger partial charge in [-0.2, -0.15) is 0 Å². The molecule has 0 aliphatic rings. The van der Waals surface area contributed by atoms with E-state index in [1.54, 1.807) is 0 Å². The summed E-state index contributed by atoms with van der Waals surface area (Å²) in [6.45, 7) is 2.89. The number of hydrogen-bond acceptors (Lipinski definition) is 4. The van der Waals surface area contributed by atoms with Gasteiger partial charge in [0, 0.05) is 6.54 Å². The maximum atomic E-state index is 11.5. The summed E-state index contributed by atoms with van der Waals surface area (Å²) in [4.78, 5) is 0. The molecule has 5 heteroatoms. The standard InChI is InChI=1S/C13H21NO3S/c1-3-9-18(15,16)10-8-17-13-6-4-12(5-7-13)11-14-2/h4-7,14H,3,8-11H2,1-2H3. The van der Waals surface area contributed by atoms with Gasteiger partial charge in [0.1, 0.15) is 12.4 Å². The molecule has 0 heterocycles. The summed E-state index contributed by atoms with van der Waals surface area (Å²) in [5.41, 5.74) is 1.17. The van der Waals surface area contributed by atoms with Gasteiger partial charge in [-0.25, -0.2) is 8.42 Å². The second kappa shape index (κ2) is 7.38. The van der Waals surface area contributed by atoms with Crippen LogP contribution in [0.5, 0.6) is 5.75 Å². The van der Waals surface area contributed by atoms with Crippen LogP contribution in [0.4, 0.5) is 0 Å². The van der Waals surface area contributed by atoms with Crippen molar-refractivity contribution in [3.63, 3.8) is 0 Å². The molecule has 1 rings (SSSR count). The van der Waals surface area contributed by atoms with Crippen molar-refractivity contribution in [2.45, 2.75) is 19.9 Å². The van der Waals surface area contributed by atoms with Crippen LogP contribution >= 0.6 is 0 Å². The fraction of sp³-hybridized carbons (Fsp3) is 0.538. The molecular formula is C13H21NO3S. The van der Waals surface area contributed by atoms with Crippen molar-refractivity contribution in [1.82, 2.24) is 5.32 Å². The molecule has 0 radical (unpaired) electrons. The van der Waals surface area contributed by atoms with E-state index in [0.29, 0.717) is 12.2 Å². The zero-order chi connectivity index (χ0) is 13.4. The lowest BCUT2D eigenvalue weighted by molar-refractivity contribution is 0.340. The highest BCUT2D eigenvalue weighted by molar-refractivity contribution is 7.91. The maximum absolute atomic E-state index is 11.5. The third-order valence-electron chi connectivity index (χ3n) is 2.48. The Morgan fingerprint density at radius 3 is 2.39 bits per heavy atom. The molecule has 0 spiro atoms. The monoisotopic (exact) mass is 271 g/mol. The number of ether oxygens (including phenoxy) is 1. The molecule has 0 unspecified atom stereocenters. The predicted octanol–water partition coefficient (Wildman–Crippen LogP) is 1.61. The molecule has 1 aromatic rings. The molecule has 0 aromatic heterocycles. The summed E-state index contributed by atoms with van der Waals surface area (Å²) >= 11 is 0. The molecule has 4 nitrogen and oxygen atoms in total. The lowest BCUT2D eigenvalue weighted by Gasteiger charge is -2.07. The Balaban J connectivity index is 2.40. The van der Waals surface area contributed by atoms with Crippen molar-refractivity contribution >= 4 is 9.84 Å². The highest BCUT2D eigenvalue weighted by atomic mass is 32.2. The summed E-state index contributed by atoms with van der Waals surface area (Å²) in [7, 11) is -1.06. The number of nitrogens with one attached hydrogen (secondary N) is 1. The van der Waals surface area contributed by atoms with Crippen LogP contribution in [0.3, 0.4) is 0 Å². The van der Waals surface area contributed by atoms with Crippen LogP contribution in [-0.2, 0) is 16.4 Å². The molecule has 0 atom stereocenters. The van der Waals surface area contributed by atoms with Crippen molar-refractivity contribution in [3.8, 4) is 5.75 Å². The zero-order valence-electron chi connectivity index (χ0n) is 11.0. The molecular weight excluding hydrogens is 250 g/mol. The zero-order valence-corrected chi connectivity index (χ0v) is 11.8. The van der Waals surface area contributed by atoms with Gasteiger partial charge in [-0.1, -0.05) is 19.1 Å². The van der Waals surface area contributed by atoms with E-state index in [1.165, 1.54) is 5.56 Å². The van der Waals surface area contributed by atoms with E-state index in [4.69, 9.17) is 4.74 Å². The minimum absolute atomic E-state index is 0.0824. The molecule has 1 aromatic carbocycles. The molecule has 0 saturated carbocycles. The van der Waals surface area contributed by atoms with Crippen LogP contribution in [0.25, 0.3) is 0 Å². The van der Waals surface area contributed by atoms with Gasteiger partial charge in [0.05, 0.1) is 11.5 Å². The van der Waals surface area contributed by atoms with Crippen molar-refractivity contribution in [1.29, 1.82) is 0 Å². The van der Waals surface area contributed by atoms with Crippen LogP contribution in [0, 0.1) is 0 Å². The first-order chi connectivity index (χ1) is 8.57. The van der Waals surface area contributed by atoms with E-state index in [-0.39, 0.29) is 18.1 Å². The average molecular weight is 271 g/mol. The lowest BCUT2D eigenvalue weighted by Crippen LogP contribution is -2.16. The Morgan fingerprint density at radius 1 is 1.17 bits per heavy atom. The van der Waals surface area contributed by atoms with Gasteiger partial charge in [0.25, 0.3) is 0 Å². The largest absolute Gasteiger partial charge is 0.493 e. The van der Waals surface area contributed by atoms with Gasteiger partial charge < -0.3 is 10.1 Å². The van der Waals surface area contributed by atoms with E-state index in [9.17, 15) is 8.42 Å². The number of rotatable bonds is 8. The maximum Gasteiger partial charge on any atom is 0.153 e. The van der Waals surface area contributed by atoms with Gasteiger partial charge in [0.2, 0.25) is 0 Å². The second-order valence-electron chi connectivity index (χ2n) is 4.17. The fourth-order valence-corrected chi connectivity index (χ4v) is 2.77. The first kappa shape index (κ1) is 15.0. The molecule has 0 aliphatic heterocycles. The third kappa shape index (κ3) is 5.51. The SMILES string of the molecule is CCCS(=O)(=O)CCOc1ccc(CNC)cc1. The first-order valence-corrected chi connectivity index (χ1v) is 7.96. The molecule has 1 N–H and O–H groups in total. The van der Waals surface area contributed by atoms with Crippen molar-refractivity contribution in [2.75, 3.05) is 25.2 Å². The van der Waals surface area contributed by atoms with Gasteiger partial charge >= 0.3 is 0 Å². The van der Waals surface area contributed by atoms with Crippen molar-refractivity contribution < 1.29 is 13.2 Å². The van der Waals surface area contributed by atoms with E-state index >= 15 is 0 Å². The number of hydrogen-bond donors (Lipinski definition) is 1. The van der Waals surface area contributed by atoms with E-state index in [2.05, 4.69) is 5.32 Å². The molecule has 0 bridgehead atoms. The van der Waals surface area contributed by atoms with Gasteiger partial charge in [0.15, 0.2) is 9.84 Å². The topological polar surface area (TPSA) is 55.4 Å². The smallest absolute Gasteiger partial charge is 0.153 e. The Labute approximate surface area is 109 Å².